The van der Waals surface area contributed by atoms with E-state index in [1.165, 1.54) is 0 Å². The van der Waals surface area contributed by atoms with E-state index in [0.29, 0.717) is 12.1 Å². The summed E-state index contributed by atoms with van der Waals surface area (Å²) in [4.78, 5) is 27.1. The maximum atomic E-state index is 12.2. The van der Waals surface area contributed by atoms with Crippen LogP contribution in [0.2, 0.25) is 0 Å². The summed E-state index contributed by atoms with van der Waals surface area (Å²) >= 11 is 0. The van der Waals surface area contributed by atoms with Crippen molar-refractivity contribution in [1.82, 2.24) is 15.6 Å². The molecule has 0 bridgehead atoms. The second-order valence-corrected chi connectivity index (χ2v) is 7.17. The largest absolute Gasteiger partial charge is 0.444 e. The summed E-state index contributed by atoms with van der Waals surface area (Å²) in [5.74, 6) is 0.164. The monoisotopic (exact) mass is 321 g/mol. The minimum Gasteiger partial charge on any atom is -0.444 e. The Morgan fingerprint density at radius 1 is 1.35 bits per heavy atom. The molecule has 0 aliphatic heterocycles. The first-order valence-corrected chi connectivity index (χ1v) is 8.18. The highest BCUT2D eigenvalue weighted by atomic mass is 16.6. The van der Waals surface area contributed by atoms with E-state index in [4.69, 9.17) is 4.74 Å². The molecule has 0 saturated heterocycles. The number of nitrogens with one attached hydrogen (secondary N) is 3. The number of aryl methyl sites for hydroxylation is 1. The summed E-state index contributed by atoms with van der Waals surface area (Å²) in [5.41, 5.74) is 1.02. The number of carbonyl (C=O) groups excluding carboxylic acids is 2. The molecule has 0 unspecified atom stereocenters. The van der Waals surface area contributed by atoms with Gasteiger partial charge in [-0.25, -0.2) is 4.79 Å². The van der Waals surface area contributed by atoms with Crippen LogP contribution in [0.1, 0.15) is 56.1 Å². The van der Waals surface area contributed by atoms with Crippen molar-refractivity contribution in [3.8, 4) is 0 Å². The highest BCUT2D eigenvalue weighted by Crippen LogP contribution is 2.25. The van der Waals surface area contributed by atoms with E-state index in [-0.39, 0.29) is 24.0 Å². The standard InChI is InChI=1S/C17H27N3O3/c1-11-13(8-9-18-11)15(21)19-10-12-6-5-7-14(12)20-16(22)23-17(2,3)4/h8-9,12,14,18H,5-7,10H2,1-4H3,(H,19,21)(H,20,22)/t12-,14-/m0/s1. The summed E-state index contributed by atoms with van der Waals surface area (Å²) < 4.78 is 5.31. The molecular formula is C17H27N3O3. The molecule has 0 radical (unpaired) electrons. The third-order valence-corrected chi connectivity index (χ3v) is 4.08. The zero-order valence-electron chi connectivity index (χ0n) is 14.4. The molecule has 1 aliphatic rings. The topological polar surface area (TPSA) is 83.2 Å². The number of rotatable bonds is 4. The molecule has 1 heterocycles. The summed E-state index contributed by atoms with van der Waals surface area (Å²) in [5, 5.41) is 5.91. The van der Waals surface area contributed by atoms with Gasteiger partial charge in [0.2, 0.25) is 0 Å². The molecule has 1 saturated carbocycles. The molecule has 2 amide bonds. The van der Waals surface area contributed by atoms with E-state index >= 15 is 0 Å². The SMILES string of the molecule is Cc1[nH]ccc1C(=O)NC[C@@H]1CCC[C@@H]1NC(=O)OC(C)(C)C. The van der Waals surface area contributed by atoms with Crippen LogP contribution < -0.4 is 10.6 Å². The second kappa shape index (κ2) is 7.06. The zero-order valence-corrected chi connectivity index (χ0v) is 14.4. The van der Waals surface area contributed by atoms with Crippen LogP contribution in [0.15, 0.2) is 12.3 Å². The first kappa shape index (κ1) is 17.4. The van der Waals surface area contributed by atoms with Crippen LogP contribution in [0, 0.1) is 12.8 Å². The fourth-order valence-corrected chi connectivity index (χ4v) is 2.95. The van der Waals surface area contributed by atoms with Crippen LogP contribution in [0.25, 0.3) is 0 Å². The average Bonchev–Trinajstić information content (AvgIpc) is 3.03. The number of ether oxygens (including phenoxy) is 1. The van der Waals surface area contributed by atoms with Gasteiger partial charge >= 0.3 is 6.09 Å². The molecule has 0 aromatic carbocycles. The van der Waals surface area contributed by atoms with Crippen molar-refractivity contribution < 1.29 is 14.3 Å². The Bertz CT molecular complexity index is 560. The predicted molar refractivity (Wildman–Crippen MR) is 88.4 cm³/mol. The van der Waals surface area contributed by atoms with Gasteiger partial charge in [-0.05, 0) is 52.5 Å². The van der Waals surface area contributed by atoms with Crippen molar-refractivity contribution in [2.24, 2.45) is 5.92 Å². The number of aromatic nitrogens is 1. The Balaban J connectivity index is 1.84. The Morgan fingerprint density at radius 3 is 2.70 bits per heavy atom. The fourth-order valence-electron chi connectivity index (χ4n) is 2.95. The van der Waals surface area contributed by atoms with Crippen molar-refractivity contribution in [3.05, 3.63) is 23.5 Å². The van der Waals surface area contributed by atoms with Crippen LogP contribution >= 0.6 is 0 Å². The van der Waals surface area contributed by atoms with Crippen LogP contribution in [0.5, 0.6) is 0 Å². The number of amides is 2. The van der Waals surface area contributed by atoms with Gasteiger partial charge in [0.25, 0.3) is 5.91 Å². The first-order chi connectivity index (χ1) is 10.8. The molecule has 6 heteroatoms. The molecule has 128 valence electrons. The molecule has 2 rings (SSSR count). The lowest BCUT2D eigenvalue weighted by Gasteiger charge is -2.25. The van der Waals surface area contributed by atoms with Gasteiger partial charge in [-0.15, -0.1) is 0 Å². The average molecular weight is 321 g/mol. The summed E-state index contributed by atoms with van der Waals surface area (Å²) in [6.45, 7) is 7.97. The normalized spacial score (nSPS) is 21.0. The maximum Gasteiger partial charge on any atom is 0.407 e. The predicted octanol–water partition coefficient (Wildman–Crippen LogP) is 2.75. The highest BCUT2D eigenvalue weighted by Gasteiger charge is 2.30. The quantitative estimate of drug-likeness (QED) is 0.797. The van der Waals surface area contributed by atoms with Gasteiger partial charge in [-0.2, -0.15) is 0 Å². The van der Waals surface area contributed by atoms with Gasteiger partial charge in [0, 0.05) is 24.5 Å². The van der Waals surface area contributed by atoms with Crippen molar-refractivity contribution in [2.75, 3.05) is 6.54 Å². The number of aromatic amines is 1. The zero-order chi connectivity index (χ0) is 17.0. The van der Waals surface area contributed by atoms with Crippen LogP contribution in [0.3, 0.4) is 0 Å². The van der Waals surface area contributed by atoms with E-state index < -0.39 is 5.60 Å². The number of hydrogen-bond acceptors (Lipinski definition) is 3. The highest BCUT2D eigenvalue weighted by molar-refractivity contribution is 5.95. The smallest absolute Gasteiger partial charge is 0.407 e. The van der Waals surface area contributed by atoms with Gasteiger partial charge in [0.05, 0.1) is 5.56 Å². The minimum atomic E-state index is -0.502. The lowest BCUT2D eigenvalue weighted by molar-refractivity contribution is 0.0493. The molecule has 2 atom stereocenters. The molecule has 1 fully saturated rings. The third kappa shape index (κ3) is 5.01. The number of carbonyl (C=O) groups is 2. The molecule has 23 heavy (non-hydrogen) atoms. The molecule has 1 aliphatic carbocycles. The number of alkyl carbamates (subject to hydrolysis) is 1. The maximum absolute atomic E-state index is 12.2. The van der Waals surface area contributed by atoms with Gasteiger partial charge in [0.1, 0.15) is 5.60 Å². The Morgan fingerprint density at radius 2 is 2.09 bits per heavy atom. The van der Waals surface area contributed by atoms with E-state index in [2.05, 4.69) is 15.6 Å². The van der Waals surface area contributed by atoms with Crippen molar-refractivity contribution in [1.29, 1.82) is 0 Å². The summed E-state index contributed by atoms with van der Waals surface area (Å²) in [6.07, 6.45) is 4.33. The number of H-pyrrole nitrogens is 1. The lowest BCUT2D eigenvalue weighted by atomic mass is 10.0. The summed E-state index contributed by atoms with van der Waals surface area (Å²) in [7, 11) is 0. The van der Waals surface area contributed by atoms with Gasteiger partial charge in [0.15, 0.2) is 0 Å². The Hall–Kier alpha value is -1.98. The molecule has 6 nitrogen and oxygen atoms in total. The van der Waals surface area contributed by atoms with E-state index in [1.807, 2.05) is 27.7 Å². The third-order valence-electron chi connectivity index (χ3n) is 4.08. The molecule has 1 aromatic heterocycles. The Kier molecular flexibility index (Phi) is 5.34. The van der Waals surface area contributed by atoms with Gasteiger partial charge < -0.3 is 20.4 Å². The fraction of sp³-hybridized carbons (Fsp3) is 0.647. The van der Waals surface area contributed by atoms with Crippen LogP contribution in [-0.2, 0) is 4.74 Å². The van der Waals surface area contributed by atoms with Gasteiger partial charge in [-0.1, -0.05) is 6.42 Å². The Labute approximate surface area is 137 Å². The molecule has 3 N–H and O–H groups in total. The molecule has 0 spiro atoms. The van der Waals surface area contributed by atoms with E-state index in [0.717, 1.165) is 25.0 Å². The first-order valence-electron chi connectivity index (χ1n) is 8.18. The van der Waals surface area contributed by atoms with Gasteiger partial charge in [-0.3, -0.25) is 4.79 Å². The van der Waals surface area contributed by atoms with Crippen LogP contribution in [0.4, 0.5) is 4.79 Å². The molecule has 1 aromatic rings. The van der Waals surface area contributed by atoms with E-state index in [9.17, 15) is 9.59 Å². The van der Waals surface area contributed by atoms with E-state index in [1.54, 1.807) is 12.3 Å². The second-order valence-electron chi connectivity index (χ2n) is 7.17. The minimum absolute atomic E-state index is 0.0532. The van der Waals surface area contributed by atoms with Crippen molar-refractivity contribution in [2.45, 2.75) is 58.6 Å². The molecular weight excluding hydrogens is 294 g/mol. The van der Waals surface area contributed by atoms with Crippen molar-refractivity contribution >= 4 is 12.0 Å². The van der Waals surface area contributed by atoms with Crippen LogP contribution in [-0.4, -0.2) is 35.2 Å². The summed E-state index contributed by atoms with van der Waals surface area (Å²) in [6, 6.07) is 1.83. The van der Waals surface area contributed by atoms with Crippen molar-refractivity contribution in [3.63, 3.8) is 0 Å². The lowest BCUT2D eigenvalue weighted by Crippen LogP contribution is -2.44. The number of hydrogen-bond donors (Lipinski definition) is 3.